The number of aryl methyl sites for hydroxylation is 1. The summed E-state index contributed by atoms with van der Waals surface area (Å²) in [5.74, 6) is -0.700. The molecule has 0 saturated carbocycles. The number of hydrogen-bond acceptors (Lipinski definition) is 4. The van der Waals surface area contributed by atoms with E-state index in [1.54, 1.807) is 30.3 Å². The Morgan fingerprint density at radius 3 is 2.82 bits per heavy atom. The lowest BCUT2D eigenvalue weighted by Crippen LogP contribution is -2.26. The third-order valence-electron chi connectivity index (χ3n) is 3.07. The number of carbonyl (C=O) groups is 2. The van der Waals surface area contributed by atoms with Crippen LogP contribution in [0.3, 0.4) is 0 Å². The van der Waals surface area contributed by atoms with E-state index in [4.69, 9.17) is 5.26 Å². The number of benzene rings is 1. The minimum atomic E-state index is -0.403. The molecule has 22 heavy (non-hydrogen) atoms. The van der Waals surface area contributed by atoms with Crippen LogP contribution in [-0.2, 0) is 0 Å². The van der Waals surface area contributed by atoms with Gasteiger partial charge in [0.1, 0.15) is 5.69 Å². The van der Waals surface area contributed by atoms with Gasteiger partial charge in [-0.2, -0.15) is 5.26 Å². The van der Waals surface area contributed by atoms with Gasteiger partial charge in [0.15, 0.2) is 0 Å². The van der Waals surface area contributed by atoms with Gasteiger partial charge in [-0.15, -0.1) is 0 Å². The van der Waals surface area contributed by atoms with Crippen molar-refractivity contribution in [3.8, 4) is 6.07 Å². The van der Waals surface area contributed by atoms with Gasteiger partial charge >= 0.3 is 0 Å². The monoisotopic (exact) mass is 293 g/mol. The Kier molecular flexibility index (Phi) is 4.99. The second-order valence-electron chi connectivity index (χ2n) is 4.76. The second-order valence-corrected chi connectivity index (χ2v) is 4.76. The van der Waals surface area contributed by atoms with E-state index in [2.05, 4.69) is 10.3 Å². The highest BCUT2D eigenvalue weighted by molar-refractivity contribution is 6.14. The number of aromatic nitrogens is 1. The van der Waals surface area contributed by atoms with Gasteiger partial charge in [0.2, 0.25) is 5.78 Å². The third kappa shape index (κ3) is 3.55. The minimum Gasteiger partial charge on any atom is -0.351 e. The van der Waals surface area contributed by atoms with E-state index >= 15 is 0 Å². The summed E-state index contributed by atoms with van der Waals surface area (Å²) in [7, 11) is 0. The predicted molar refractivity (Wildman–Crippen MR) is 81.4 cm³/mol. The fourth-order valence-corrected chi connectivity index (χ4v) is 2.02. The van der Waals surface area contributed by atoms with Crippen molar-refractivity contribution in [2.75, 3.05) is 6.54 Å². The lowest BCUT2D eigenvalue weighted by Gasteiger charge is -2.08. The quantitative estimate of drug-likeness (QED) is 0.677. The fraction of sp³-hybridized carbons (Fsp3) is 0.176. The molecule has 0 bridgehead atoms. The first-order chi connectivity index (χ1) is 10.6. The topological polar surface area (TPSA) is 82.8 Å². The van der Waals surface area contributed by atoms with Gasteiger partial charge in [-0.25, -0.2) is 0 Å². The molecule has 0 aliphatic carbocycles. The Balaban J connectivity index is 2.30. The number of nitrogens with zero attached hydrogens (tertiary/aromatic N) is 2. The highest BCUT2D eigenvalue weighted by atomic mass is 16.2. The molecule has 0 fully saturated rings. The zero-order chi connectivity index (χ0) is 15.9. The number of carbonyl (C=O) groups excluding carboxylic acids is 2. The maximum Gasteiger partial charge on any atom is 0.253 e. The molecule has 0 aliphatic rings. The number of rotatable bonds is 5. The summed E-state index contributed by atoms with van der Waals surface area (Å²) in [4.78, 5) is 28.7. The molecule has 0 radical (unpaired) electrons. The Labute approximate surface area is 128 Å². The Hall–Kier alpha value is -3.00. The molecular formula is C17H15N3O2. The van der Waals surface area contributed by atoms with E-state index in [1.807, 2.05) is 19.1 Å². The maximum atomic E-state index is 12.6. The van der Waals surface area contributed by atoms with E-state index in [0.717, 1.165) is 5.56 Å². The number of pyridine rings is 1. The Morgan fingerprint density at radius 1 is 1.27 bits per heavy atom. The van der Waals surface area contributed by atoms with Crippen molar-refractivity contribution in [3.63, 3.8) is 0 Å². The summed E-state index contributed by atoms with van der Waals surface area (Å²) in [6.45, 7) is 2.13. The first-order valence-electron chi connectivity index (χ1n) is 6.85. The van der Waals surface area contributed by atoms with Crippen LogP contribution >= 0.6 is 0 Å². The number of hydrogen-bond donors (Lipinski definition) is 1. The van der Waals surface area contributed by atoms with Crippen LogP contribution in [0.2, 0.25) is 0 Å². The molecule has 2 aromatic rings. The molecule has 0 atom stereocenters. The lowest BCUT2D eigenvalue weighted by molar-refractivity contribution is 0.0941. The van der Waals surface area contributed by atoms with Crippen LogP contribution in [0.5, 0.6) is 0 Å². The largest absolute Gasteiger partial charge is 0.351 e. The molecule has 5 nitrogen and oxygen atoms in total. The molecule has 0 unspecified atom stereocenters. The molecule has 5 heteroatoms. The number of amides is 1. The van der Waals surface area contributed by atoms with Gasteiger partial charge in [-0.05, 0) is 25.1 Å². The first-order valence-corrected chi connectivity index (χ1v) is 6.85. The standard InChI is InChI=1S/C17H15N3O2/c1-12-5-2-6-13(11-12)16(21)15-14(7-3-9-19-15)17(22)20-10-4-8-18/h2-3,5-7,9,11H,4,10H2,1H3,(H,20,22). The van der Waals surface area contributed by atoms with Crippen molar-refractivity contribution in [2.45, 2.75) is 13.3 Å². The minimum absolute atomic E-state index is 0.113. The SMILES string of the molecule is Cc1cccc(C(=O)c2ncccc2C(=O)NCCC#N)c1. The van der Waals surface area contributed by atoms with Gasteiger partial charge in [0, 0.05) is 18.3 Å². The smallest absolute Gasteiger partial charge is 0.253 e. The molecule has 0 saturated heterocycles. The van der Waals surface area contributed by atoms with E-state index in [9.17, 15) is 9.59 Å². The number of nitrogens with one attached hydrogen (secondary N) is 1. The van der Waals surface area contributed by atoms with Crippen LogP contribution in [0.4, 0.5) is 0 Å². The highest BCUT2D eigenvalue weighted by Crippen LogP contribution is 2.13. The predicted octanol–water partition coefficient (Wildman–Crippen LogP) is 2.26. The summed E-state index contributed by atoms with van der Waals surface area (Å²) < 4.78 is 0. The van der Waals surface area contributed by atoms with Crippen molar-refractivity contribution < 1.29 is 9.59 Å². The van der Waals surface area contributed by atoms with Gasteiger partial charge < -0.3 is 5.32 Å². The molecule has 1 N–H and O–H groups in total. The van der Waals surface area contributed by atoms with Crippen molar-refractivity contribution in [1.82, 2.24) is 10.3 Å². The van der Waals surface area contributed by atoms with Crippen LogP contribution in [0.1, 0.15) is 38.4 Å². The molecule has 1 amide bonds. The molecule has 1 aromatic carbocycles. The molecule has 1 heterocycles. The van der Waals surface area contributed by atoms with E-state index < -0.39 is 5.91 Å². The van der Waals surface area contributed by atoms with Crippen molar-refractivity contribution in [2.24, 2.45) is 0 Å². The second kappa shape index (κ2) is 7.14. The van der Waals surface area contributed by atoms with E-state index in [1.165, 1.54) is 6.20 Å². The van der Waals surface area contributed by atoms with Crippen molar-refractivity contribution in [3.05, 3.63) is 65.0 Å². The number of ketones is 1. The normalized spacial score (nSPS) is 9.82. The highest BCUT2D eigenvalue weighted by Gasteiger charge is 2.19. The van der Waals surface area contributed by atoms with Crippen molar-refractivity contribution in [1.29, 1.82) is 5.26 Å². The average molecular weight is 293 g/mol. The Morgan fingerprint density at radius 2 is 2.09 bits per heavy atom. The van der Waals surface area contributed by atoms with E-state index in [0.29, 0.717) is 5.56 Å². The lowest BCUT2D eigenvalue weighted by atomic mass is 10.0. The zero-order valence-electron chi connectivity index (χ0n) is 12.2. The summed E-state index contributed by atoms with van der Waals surface area (Å²) in [5, 5.41) is 11.1. The van der Waals surface area contributed by atoms with Gasteiger partial charge in [-0.3, -0.25) is 14.6 Å². The van der Waals surface area contributed by atoms with Crippen LogP contribution in [-0.4, -0.2) is 23.2 Å². The molecule has 1 aromatic heterocycles. The summed E-state index contributed by atoms with van der Waals surface area (Å²) in [6.07, 6.45) is 1.70. The molecule has 2 rings (SSSR count). The zero-order valence-corrected chi connectivity index (χ0v) is 12.2. The van der Waals surface area contributed by atoms with Crippen LogP contribution in [0, 0.1) is 18.3 Å². The van der Waals surface area contributed by atoms with Gasteiger partial charge in [-0.1, -0.05) is 23.8 Å². The van der Waals surface area contributed by atoms with Crippen molar-refractivity contribution >= 4 is 11.7 Å². The molecule has 110 valence electrons. The number of nitriles is 1. The van der Waals surface area contributed by atoms with Gasteiger partial charge in [0.25, 0.3) is 5.91 Å². The van der Waals surface area contributed by atoms with Crippen LogP contribution in [0.15, 0.2) is 42.6 Å². The molecule has 0 spiro atoms. The Bertz CT molecular complexity index is 748. The molecule has 0 aliphatic heterocycles. The van der Waals surface area contributed by atoms with Crippen LogP contribution in [0.25, 0.3) is 0 Å². The fourth-order valence-electron chi connectivity index (χ4n) is 2.02. The summed E-state index contributed by atoms with van der Waals surface area (Å²) >= 11 is 0. The average Bonchev–Trinajstić information content (AvgIpc) is 2.54. The van der Waals surface area contributed by atoms with E-state index in [-0.39, 0.29) is 30.0 Å². The summed E-state index contributed by atoms with van der Waals surface area (Å²) in [5.41, 5.74) is 1.78. The maximum absolute atomic E-state index is 12.6. The molecular weight excluding hydrogens is 278 g/mol. The van der Waals surface area contributed by atoms with Crippen LogP contribution < -0.4 is 5.32 Å². The third-order valence-corrected chi connectivity index (χ3v) is 3.07. The first kappa shape index (κ1) is 15.4. The van der Waals surface area contributed by atoms with Gasteiger partial charge in [0.05, 0.1) is 18.1 Å². The summed E-state index contributed by atoms with van der Waals surface area (Å²) in [6, 6.07) is 12.2.